The topological polar surface area (TPSA) is 38.3 Å². The second-order valence-corrected chi connectivity index (χ2v) is 3.68. The average Bonchev–Trinajstić information content (AvgIpc) is 2.35. The largest absolute Gasteiger partial charge is 0.377 e. The Balaban J connectivity index is 2.00. The van der Waals surface area contributed by atoms with Crippen molar-refractivity contribution in [3.05, 3.63) is 48.0 Å². The van der Waals surface area contributed by atoms with Crippen LogP contribution >= 0.6 is 0 Å². The van der Waals surface area contributed by atoms with E-state index in [1.54, 1.807) is 6.08 Å². The SMILES string of the molecule is CC=CC(=O)NCCCOCc1ccccc1. The van der Waals surface area contributed by atoms with E-state index in [0.29, 0.717) is 19.8 Å². The summed E-state index contributed by atoms with van der Waals surface area (Å²) in [4.78, 5) is 11.1. The van der Waals surface area contributed by atoms with Crippen molar-refractivity contribution in [3.63, 3.8) is 0 Å². The molecule has 0 aliphatic rings. The second-order valence-electron chi connectivity index (χ2n) is 3.68. The van der Waals surface area contributed by atoms with E-state index in [-0.39, 0.29) is 5.91 Å². The van der Waals surface area contributed by atoms with Crippen molar-refractivity contribution in [2.45, 2.75) is 20.0 Å². The molecule has 0 saturated heterocycles. The van der Waals surface area contributed by atoms with Crippen LogP contribution < -0.4 is 5.32 Å². The van der Waals surface area contributed by atoms with Crippen molar-refractivity contribution in [2.75, 3.05) is 13.2 Å². The standard InChI is InChI=1S/C14H19NO2/c1-2-7-14(16)15-10-6-11-17-12-13-8-4-3-5-9-13/h2-5,7-9H,6,10-12H2,1H3,(H,15,16). The van der Waals surface area contributed by atoms with Crippen LogP contribution in [0.2, 0.25) is 0 Å². The van der Waals surface area contributed by atoms with Gasteiger partial charge in [0.25, 0.3) is 0 Å². The summed E-state index contributed by atoms with van der Waals surface area (Å²) in [6.07, 6.45) is 4.07. The average molecular weight is 233 g/mol. The zero-order chi connectivity index (χ0) is 12.3. The Morgan fingerprint density at radius 1 is 1.35 bits per heavy atom. The first kappa shape index (κ1) is 13.5. The van der Waals surface area contributed by atoms with E-state index >= 15 is 0 Å². The van der Waals surface area contributed by atoms with Crippen molar-refractivity contribution < 1.29 is 9.53 Å². The summed E-state index contributed by atoms with van der Waals surface area (Å²) in [7, 11) is 0. The molecule has 1 N–H and O–H groups in total. The number of hydrogen-bond donors (Lipinski definition) is 1. The molecule has 1 aromatic rings. The van der Waals surface area contributed by atoms with Crippen molar-refractivity contribution in [1.82, 2.24) is 5.32 Å². The molecule has 0 fully saturated rings. The number of allylic oxidation sites excluding steroid dienone is 1. The fraction of sp³-hybridized carbons (Fsp3) is 0.357. The summed E-state index contributed by atoms with van der Waals surface area (Å²) in [5, 5.41) is 2.78. The molecule has 0 aliphatic heterocycles. The number of ether oxygens (including phenoxy) is 1. The normalized spacial score (nSPS) is 10.6. The zero-order valence-electron chi connectivity index (χ0n) is 10.2. The third-order valence-electron chi connectivity index (χ3n) is 2.19. The van der Waals surface area contributed by atoms with E-state index in [1.807, 2.05) is 37.3 Å². The summed E-state index contributed by atoms with van der Waals surface area (Å²) in [6, 6.07) is 10.0. The van der Waals surface area contributed by atoms with Crippen molar-refractivity contribution >= 4 is 5.91 Å². The molecule has 0 heterocycles. The van der Waals surface area contributed by atoms with Crippen molar-refractivity contribution in [1.29, 1.82) is 0 Å². The molecule has 0 atom stereocenters. The molecule has 1 rings (SSSR count). The van der Waals surface area contributed by atoms with E-state index in [1.165, 1.54) is 11.6 Å². The van der Waals surface area contributed by atoms with Gasteiger partial charge in [-0.1, -0.05) is 36.4 Å². The van der Waals surface area contributed by atoms with Gasteiger partial charge in [-0.05, 0) is 25.0 Å². The third kappa shape index (κ3) is 6.53. The van der Waals surface area contributed by atoms with Gasteiger partial charge in [0.1, 0.15) is 0 Å². The van der Waals surface area contributed by atoms with Gasteiger partial charge in [0.15, 0.2) is 0 Å². The first-order valence-corrected chi connectivity index (χ1v) is 5.85. The molecule has 0 spiro atoms. The Kier molecular flexibility index (Phi) is 6.75. The molecule has 0 aromatic heterocycles. The van der Waals surface area contributed by atoms with Crippen LogP contribution in [0.5, 0.6) is 0 Å². The van der Waals surface area contributed by atoms with E-state index in [2.05, 4.69) is 5.32 Å². The number of carbonyl (C=O) groups excluding carboxylic acids is 1. The minimum absolute atomic E-state index is 0.0458. The zero-order valence-corrected chi connectivity index (χ0v) is 10.2. The van der Waals surface area contributed by atoms with Gasteiger partial charge in [0, 0.05) is 13.2 Å². The molecule has 0 bridgehead atoms. The van der Waals surface area contributed by atoms with Crippen LogP contribution in [0.25, 0.3) is 0 Å². The van der Waals surface area contributed by atoms with Crippen molar-refractivity contribution in [2.24, 2.45) is 0 Å². The lowest BCUT2D eigenvalue weighted by Gasteiger charge is -2.04. The number of amides is 1. The van der Waals surface area contributed by atoms with Gasteiger partial charge in [0.05, 0.1) is 6.61 Å². The Morgan fingerprint density at radius 2 is 2.12 bits per heavy atom. The summed E-state index contributed by atoms with van der Waals surface area (Å²) in [5.41, 5.74) is 1.17. The minimum Gasteiger partial charge on any atom is -0.377 e. The molecule has 3 nitrogen and oxygen atoms in total. The highest BCUT2D eigenvalue weighted by molar-refractivity contribution is 5.87. The maximum absolute atomic E-state index is 11.1. The smallest absolute Gasteiger partial charge is 0.243 e. The summed E-state index contributed by atoms with van der Waals surface area (Å²) in [5.74, 6) is -0.0458. The summed E-state index contributed by atoms with van der Waals surface area (Å²) < 4.78 is 5.49. The number of benzene rings is 1. The molecule has 0 unspecified atom stereocenters. The van der Waals surface area contributed by atoms with Gasteiger partial charge >= 0.3 is 0 Å². The van der Waals surface area contributed by atoms with Crippen LogP contribution in [0.3, 0.4) is 0 Å². The molecule has 0 aliphatic carbocycles. The van der Waals surface area contributed by atoms with E-state index < -0.39 is 0 Å². The number of nitrogens with one attached hydrogen (secondary N) is 1. The Labute approximate surface area is 102 Å². The summed E-state index contributed by atoms with van der Waals surface area (Å²) in [6.45, 7) is 3.76. The first-order chi connectivity index (χ1) is 8.33. The number of carbonyl (C=O) groups is 1. The molecule has 1 amide bonds. The van der Waals surface area contributed by atoms with E-state index in [0.717, 1.165) is 6.42 Å². The van der Waals surface area contributed by atoms with Crippen LogP contribution in [0.1, 0.15) is 18.9 Å². The van der Waals surface area contributed by atoms with Crippen LogP contribution in [-0.2, 0) is 16.1 Å². The molecule has 3 heteroatoms. The predicted molar refractivity (Wildman–Crippen MR) is 68.5 cm³/mol. The van der Waals surface area contributed by atoms with Crippen LogP contribution in [0.15, 0.2) is 42.5 Å². The monoisotopic (exact) mass is 233 g/mol. The van der Waals surface area contributed by atoms with Gasteiger partial charge in [0.2, 0.25) is 5.91 Å². The van der Waals surface area contributed by atoms with Crippen LogP contribution in [0.4, 0.5) is 0 Å². The molecule has 17 heavy (non-hydrogen) atoms. The molecule has 92 valence electrons. The van der Waals surface area contributed by atoms with E-state index in [4.69, 9.17) is 4.74 Å². The maximum atomic E-state index is 11.1. The highest BCUT2D eigenvalue weighted by Gasteiger charge is 1.94. The fourth-order valence-corrected chi connectivity index (χ4v) is 1.36. The van der Waals surface area contributed by atoms with Crippen LogP contribution in [-0.4, -0.2) is 19.1 Å². The highest BCUT2D eigenvalue weighted by atomic mass is 16.5. The Morgan fingerprint density at radius 3 is 2.82 bits per heavy atom. The van der Waals surface area contributed by atoms with Gasteiger partial charge in [-0.25, -0.2) is 0 Å². The van der Waals surface area contributed by atoms with Gasteiger partial charge in [-0.3, -0.25) is 4.79 Å². The molecular weight excluding hydrogens is 214 g/mol. The lowest BCUT2D eigenvalue weighted by atomic mass is 10.2. The predicted octanol–water partition coefficient (Wildman–Crippen LogP) is 2.29. The molecule has 1 aromatic carbocycles. The lowest BCUT2D eigenvalue weighted by Crippen LogP contribution is -2.23. The number of hydrogen-bond acceptors (Lipinski definition) is 2. The molecule has 0 radical (unpaired) electrons. The highest BCUT2D eigenvalue weighted by Crippen LogP contribution is 2.00. The van der Waals surface area contributed by atoms with Gasteiger partial charge < -0.3 is 10.1 Å². The van der Waals surface area contributed by atoms with Gasteiger partial charge in [-0.15, -0.1) is 0 Å². The summed E-state index contributed by atoms with van der Waals surface area (Å²) >= 11 is 0. The second kappa shape index (κ2) is 8.53. The lowest BCUT2D eigenvalue weighted by molar-refractivity contribution is -0.116. The van der Waals surface area contributed by atoms with Crippen LogP contribution in [0, 0.1) is 0 Å². The minimum atomic E-state index is -0.0458. The fourth-order valence-electron chi connectivity index (χ4n) is 1.36. The molecule has 0 saturated carbocycles. The van der Waals surface area contributed by atoms with Crippen molar-refractivity contribution in [3.8, 4) is 0 Å². The maximum Gasteiger partial charge on any atom is 0.243 e. The quantitative estimate of drug-likeness (QED) is 0.579. The number of rotatable bonds is 7. The first-order valence-electron chi connectivity index (χ1n) is 5.85. The third-order valence-corrected chi connectivity index (χ3v) is 2.19. The van der Waals surface area contributed by atoms with Gasteiger partial charge in [-0.2, -0.15) is 0 Å². The van der Waals surface area contributed by atoms with E-state index in [9.17, 15) is 4.79 Å². The Bertz CT molecular complexity index is 346. The molecular formula is C14H19NO2. The Hall–Kier alpha value is -1.61.